The highest BCUT2D eigenvalue weighted by molar-refractivity contribution is 6.30. The lowest BCUT2D eigenvalue weighted by molar-refractivity contribution is -0.124. The Morgan fingerprint density at radius 1 is 1.08 bits per heavy atom. The van der Waals surface area contributed by atoms with Gasteiger partial charge < -0.3 is 5.32 Å². The molecule has 2 aromatic carbocycles. The summed E-state index contributed by atoms with van der Waals surface area (Å²) in [5.74, 6) is -0.559. The second-order valence-corrected chi connectivity index (χ2v) is 6.03. The smallest absolute Gasteiger partial charge is 0.240 e. The molecule has 26 heavy (non-hydrogen) atoms. The second kappa shape index (κ2) is 10.2. The van der Waals surface area contributed by atoms with Crippen LogP contribution in [0.25, 0.3) is 6.08 Å². The minimum atomic E-state index is -0.322. The molecule has 0 saturated carbocycles. The van der Waals surface area contributed by atoms with Crippen LogP contribution in [-0.2, 0) is 9.59 Å². The number of anilines is 1. The van der Waals surface area contributed by atoms with Crippen LogP contribution in [0.15, 0.2) is 59.7 Å². The van der Waals surface area contributed by atoms with Crippen LogP contribution in [0.1, 0.15) is 24.0 Å². The second-order valence-electron chi connectivity index (χ2n) is 5.59. The molecule has 0 bridgehead atoms. The van der Waals surface area contributed by atoms with Gasteiger partial charge in [-0.3, -0.25) is 9.59 Å². The van der Waals surface area contributed by atoms with Crippen LogP contribution in [0.5, 0.6) is 0 Å². The maximum absolute atomic E-state index is 11.9. The predicted octanol–water partition coefficient (Wildman–Crippen LogP) is 4.18. The molecule has 2 N–H and O–H groups in total. The van der Waals surface area contributed by atoms with Crippen LogP contribution in [0.4, 0.5) is 5.69 Å². The van der Waals surface area contributed by atoms with Crippen molar-refractivity contribution in [1.82, 2.24) is 5.43 Å². The van der Waals surface area contributed by atoms with E-state index in [1.54, 1.807) is 24.3 Å². The first-order valence-corrected chi connectivity index (χ1v) is 8.52. The molecule has 0 atom stereocenters. The van der Waals surface area contributed by atoms with E-state index >= 15 is 0 Å². The normalized spacial score (nSPS) is 11.0. The van der Waals surface area contributed by atoms with Crippen molar-refractivity contribution in [2.75, 3.05) is 5.32 Å². The van der Waals surface area contributed by atoms with E-state index in [1.807, 2.05) is 43.3 Å². The molecule has 2 amide bonds. The lowest BCUT2D eigenvalue weighted by Crippen LogP contribution is -2.20. The molecule has 0 unspecified atom stereocenters. The van der Waals surface area contributed by atoms with E-state index in [0.717, 1.165) is 11.1 Å². The Labute approximate surface area is 157 Å². The number of carbonyl (C=O) groups is 2. The molecule has 2 aromatic rings. The summed E-state index contributed by atoms with van der Waals surface area (Å²) in [6.07, 6.45) is 5.21. The van der Waals surface area contributed by atoms with E-state index in [2.05, 4.69) is 15.8 Å². The van der Waals surface area contributed by atoms with E-state index in [-0.39, 0.29) is 24.7 Å². The maximum Gasteiger partial charge on any atom is 0.240 e. The van der Waals surface area contributed by atoms with Gasteiger partial charge in [-0.2, -0.15) is 5.10 Å². The molecule has 0 spiro atoms. The average molecular weight is 370 g/mol. The van der Waals surface area contributed by atoms with Crippen LogP contribution in [0.3, 0.4) is 0 Å². The van der Waals surface area contributed by atoms with Crippen molar-refractivity contribution in [1.29, 1.82) is 0 Å². The zero-order valence-corrected chi connectivity index (χ0v) is 15.2. The quantitative estimate of drug-likeness (QED) is 0.567. The molecular formula is C20H20ClN3O2. The first-order valence-electron chi connectivity index (χ1n) is 8.14. The molecule has 0 fully saturated rings. The van der Waals surface area contributed by atoms with Crippen LogP contribution in [-0.4, -0.2) is 18.0 Å². The van der Waals surface area contributed by atoms with Gasteiger partial charge in [-0.25, -0.2) is 5.43 Å². The minimum Gasteiger partial charge on any atom is -0.326 e. The monoisotopic (exact) mass is 369 g/mol. The Balaban J connectivity index is 1.70. The molecule has 6 heteroatoms. The fourth-order valence-electron chi connectivity index (χ4n) is 2.13. The molecule has 5 nitrogen and oxygen atoms in total. The molecule has 0 aliphatic heterocycles. The van der Waals surface area contributed by atoms with Crippen molar-refractivity contribution in [3.63, 3.8) is 0 Å². The van der Waals surface area contributed by atoms with Crippen molar-refractivity contribution >= 4 is 41.4 Å². The van der Waals surface area contributed by atoms with E-state index in [9.17, 15) is 9.59 Å². The summed E-state index contributed by atoms with van der Waals surface area (Å²) in [7, 11) is 0. The van der Waals surface area contributed by atoms with Gasteiger partial charge in [-0.15, -0.1) is 0 Å². The number of allylic oxidation sites excluding steroid dienone is 1. The minimum absolute atomic E-state index is 0.0538. The standard InChI is InChI=1S/C20H20ClN3O2/c1-15-14-17(21)9-10-18(15)23-19(25)11-12-20(26)24-22-13-5-8-16-6-3-2-4-7-16/h2-10,13-14H,11-12H2,1H3,(H,23,25)(H,24,26). The zero-order chi connectivity index (χ0) is 18.8. The number of rotatable bonds is 7. The summed E-state index contributed by atoms with van der Waals surface area (Å²) < 4.78 is 0. The number of nitrogens with one attached hydrogen (secondary N) is 2. The van der Waals surface area contributed by atoms with E-state index in [4.69, 9.17) is 11.6 Å². The van der Waals surface area contributed by atoms with E-state index < -0.39 is 0 Å². The Morgan fingerprint density at radius 2 is 1.81 bits per heavy atom. The molecule has 2 rings (SSSR count). The first-order chi connectivity index (χ1) is 12.5. The molecule has 0 radical (unpaired) electrons. The largest absolute Gasteiger partial charge is 0.326 e. The summed E-state index contributed by atoms with van der Waals surface area (Å²) in [5.41, 5.74) is 4.98. The highest BCUT2D eigenvalue weighted by atomic mass is 35.5. The molecule has 0 heterocycles. The molecule has 0 aliphatic rings. The summed E-state index contributed by atoms with van der Waals surface area (Å²) in [6, 6.07) is 14.9. The van der Waals surface area contributed by atoms with Gasteiger partial charge in [0.2, 0.25) is 11.8 Å². The summed E-state index contributed by atoms with van der Waals surface area (Å²) >= 11 is 5.88. The van der Waals surface area contributed by atoms with E-state index in [1.165, 1.54) is 6.21 Å². The Morgan fingerprint density at radius 3 is 2.54 bits per heavy atom. The van der Waals surface area contributed by atoms with Crippen molar-refractivity contribution in [2.45, 2.75) is 19.8 Å². The Kier molecular flexibility index (Phi) is 7.58. The van der Waals surface area contributed by atoms with Gasteiger partial charge in [0, 0.05) is 29.8 Å². The maximum atomic E-state index is 11.9. The number of benzene rings is 2. The summed E-state index contributed by atoms with van der Waals surface area (Å²) in [5, 5.41) is 7.18. The highest BCUT2D eigenvalue weighted by Crippen LogP contribution is 2.19. The van der Waals surface area contributed by atoms with Crippen molar-refractivity contribution in [3.8, 4) is 0 Å². The number of hydrogen-bond acceptors (Lipinski definition) is 3. The molecular weight excluding hydrogens is 350 g/mol. The van der Waals surface area contributed by atoms with Gasteiger partial charge >= 0.3 is 0 Å². The predicted molar refractivity (Wildman–Crippen MR) is 106 cm³/mol. The van der Waals surface area contributed by atoms with Gasteiger partial charge in [-0.05, 0) is 42.3 Å². The summed E-state index contributed by atoms with van der Waals surface area (Å²) in [6.45, 7) is 1.85. The third-order valence-electron chi connectivity index (χ3n) is 3.48. The molecule has 0 aromatic heterocycles. The van der Waals surface area contributed by atoms with Crippen molar-refractivity contribution in [3.05, 3.63) is 70.8 Å². The molecule has 134 valence electrons. The van der Waals surface area contributed by atoms with Gasteiger partial charge in [0.15, 0.2) is 0 Å². The van der Waals surface area contributed by atoms with Crippen LogP contribution >= 0.6 is 11.6 Å². The third-order valence-corrected chi connectivity index (χ3v) is 3.71. The van der Waals surface area contributed by atoms with Crippen LogP contribution < -0.4 is 10.7 Å². The van der Waals surface area contributed by atoms with Gasteiger partial charge in [0.05, 0.1) is 0 Å². The first kappa shape index (κ1) is 19.4. The number of aryl methyl sites for hydroxylation is 1. The van der Waals surface area contributed by atoms with Crippen LogP contribution in [0, 0.1) is 6.92 Å². The lowest BCUT2D eigenvalue weighted by Gasteiger charge is -2.08. The van der Waals surface area contributed by atoms with Gasteiger partial charge in [0.1, 0.15) is 0 Å². The number of halogens is 1. The zero-order valence-electron chi connectivity index (χ0n) is 14.4. The highest BCUT2D eigenvalue weighted by Gasteiger charge is 2.08. The number of amides is 2. The number of hydrogen-bond donors (Lipinski definition) is 2. The molecule has 0 aliphatic carbocycles. The van der Waals surface area contributed by atoms with E-state index in [0.29, 0.717) is 10.7 Å². The Hall–Kier alpha value is -2.92. The SMILES string of the molecule is Cc1cc(Cl)ccc1NC(=O)CCC(=O)NN=CC=Cc1ccccc1. The average Bonchev–Trinajstić information content (AvgIpc) is 2.63. The lowest BCUT2D eigenvalue weighted by atomic mass is 10.2. The number of carbonyl (C=O) groups excluding carboxylic acids is 2. The number of nitrogens with zero attached hydrogens (tertiary/aromatic N) is 1. The topological polar surface area (TPSA) is 70.6 Å². The fraction of sp³-hybridized carbons (Fsp3) is 0.150. The summed E-state index contributed by atoms with van der Waals surface area (Å²) in [4.78, 5) is 23.6. The Bertz CT molecular complexity index is 817. The fourth-order valence-corrected chi connectivity index (χ4v) is 2.36. The number of hydrazone groups is 1. The molecule has 0 saturated heterocycles. The third kappa shape index (κ3) is 6.91. The van der Waals surface area contributed by atoms with Gasteiger partial charge in [0.25, 0.3) is 0 Å². The van der Waals surface area contributed by atoms with Crippen molar-refractivity contribution in [2.24, 2.45) is 5.10 Å². The van der Waals surface area contributed by atoms with Crippen LogP contribution in [0.2, 0.25) is 5.02 Å². The van der Waals surface area contributed by atoms with Crippen molar-refractivity contribution < 1.29 is 9.59 Å². The van der Waals surface area contributed by atoms with Gasteiger partial charge in [-0.1, -0.05) is 48.0 Å².